The van der Waals surface area contributed by atoms with Crippen LogP contribution in [0.1, 0.15) is 32.6 Å². The van der Waals surface area contributed by atoms with E-state index in [0.29, 0.717) is 26.2 Å². The molecule has 1 amide bonds. The zero-order chi connectivity index (χ0) is 10.2. The fourth-order valence-corrected chi connectivity index (χ4v) is 1.33. The van der Waals surface area contributed by atoms with Crippen molar-refractivity contribution in [3.05, 3.63) is 0 Å². The van der Waals surface area contributed by atoms with Crippen molar-refractivity contribution in [2.75, 3.05) is 19.8 Å². The summed E-state index contributed by atoms with van der Waals surface area (Å²) >= 11 is 0. The number of ether oxygens (including phenoxy) is 2. The normalized spacial score (nSPS) is 17.2. The van der Waals surface area contributed by atoms with E-state index >= 15 is 0 Å². The minimum Gasteiger partial charge on any atom is -0.356 e. The lowest BCUT2D eigenvalue weighted by Gasteiger charge is -2.09. The van der Waals surface area contributed by atoms with Crippen molar-refractivity contribution >= 4 is 5.91 Å². The largest absolute Gasteiger partial charge is 0.356 e. The molecule has 1 fully saturated rings. The Morgan fingerprint density at radius 3 is 2.79 bits per heavy atom. The van der Waals surface area contributed by atoms with Crippen LogP contribution in [0, 0.1) is 0 Å². The lowest BCUT2D eigenvalue weighted by molar-refractivity contribution is -0.121. The molecule has 0 bridgehead atoms. The molecule has 0 atom stereocenters. The zero-order valence-corrected chi connectivity index (χ0v) is 8.75. The van der Waals surface area contributed by atoms with Crippen LogP contribution in [0.25, 0.3) is 0 Å². The SMILES string of the molecule is CCCCC(=O)NCCC1OCCO1. The van der Waals surface area contributed by atoms with E-state index in [9.17, 15) is 4.79 Å². The van der Waals surface area contributed by atoms with Gasteiger partial charge in [-0.15, -0.1) is 0 Å². The van der Waals surface area contributed by atoms with Crippen LogP contribution in [0.5, 0.6) is 0 Å². The third-order valence-electron chi connectivity index (χ3n) is 2.15. The Hall–Kier alpha value is -0.610. The lowest BCUT2D eigenvalue weighted by atomic mass is 10.2. The Bertz CT molecular complexity index is 167. The predicted molar refractivity (Wildman–Crippen MR) is 52.8 cm³/mol. The van der Waals surface area contributed by atoms with Gasteiger partial charge in [0.2, 0.25) is 5.91 Å². The highest BCUT2D eigenvalue weighted by molar-refractivity contribution is 5.75. The van der Waals surface area contributed by atoms with Gasteiger partial charge in [-0.05, 0) is 6.42 Å². The first kappa shape index (κ1) is 11.5. The lowest BCUT2D eigenvalue weighted by Crippen LogP contribution is -2.27. The maximum Gasteiger partial charge on any atom is 0.219 e. The molecule has 4 nitrogen and oxygen atoms in total. The first-order valence-electron chi connectivity index (χ1n) is 5.33. The second-order valence-electron chi connectivity index (χ2n) is 3.41. The van der Waals surface area contributed by atoms with Crippen molar-refractivity contribution in [2.45, 2.75) is 38.9 Å². The summed E-state index contributed by atoms with van der Waals surface area (Å²) in [5.74, 6) is 0.129. The van der Waals surface area contributed by atoms with Crippen molar-refractivity contribution in [1.82, 2.24) is 5.32 Å². The van der Waals surface area contributed by atoms with Crippen LogP contribution in [-0.2, 0) is 14.3 Å². The van der Waals surface area contributed by atoms with Crippen LogP contribution >= 0.6 is 0 Å². The summed E-state index contributed by atoms with van der Waals surface area (Å²) in [6, 6.07) is 0. The van der Waals surface area contributed by atoms with E-state index in [1.807, 2.05) is 0 Å². The van der Waals surface area contributed by atoms with E-state index in [2.05, 4.69) is 12.2 Å². The number of amides is 1. The quantitative estimate of drug-likeness (QED) is 0.699. The van der Waals surface area contributed by atoms with Crippen LogP contribution in [0.15, 0.2) is 0 Å². The molecule has 1 rings (SSSR count). The maximum absolute atomic E-state index is 11.2. The Kier molecular flexibility index (Phi) is 5.56. The van der Waals surface area contributed by atoms with Gasteiger partial charge >= 0.3 is 0 Å². The molecular formula is C10H19NO3. The summed E-state index contributed by atoms with van der Waals surface area (Å²) in [5.41, 5.74) is 0. The highest BCUT2D eigenvalue weighted by Crippen LogP contribution is 2.06. The number of nitrogens with one attached hydrogen (secondary N) is 1. The van der Waals surface area contributed by atoms with Crippen molar-refractivity contribution in [2.24, 2.45) is 0 Å². The molecule has 1 saturated heterocycles. The maximum atomic E-state index is 11.2. The molecule has 0 radical (unpaired) electrons. The average molecular weight is 201 g/mol. The first-order valence-corrected chi connectivity index (χ1v) is 5.33. The van der Waals surface area contributed by atoms with Crippen molar-refractivity contribution < 1.29 is 14.3 Å². The van der Waals surface area contributed by atoms with Gasteiger partial charge in [-0.2, -0.15) is 0 Å². The van der Waals surface area contributed by atoms with E-state index in [1.165, 1.54) is 0 Å². The van der Waals surface area contributed by atoms with E-state index in [4.69, 9.17) is 9.47 Å². The van der Waals surface area contributed by atoms with Gasteiger partial charge in [0.25, 0.3) is 0 Å². The fraction of sp³-hybridized carbons (Fsp3) is 0.900. The number of hydrogen-bond donors (Lipinski definition) is 1. The standard InChI is InChI=1S/C10H19NO3/c1-2-3-4-9(12)11-6-5-10-13-7-8-14-10/h10H,2-8H2,1H3,(H,11,12). The summed E-state index contributed by atoms with van der Waals surface area (Å²) < 4.78 is 10.5. The molecule has 1 N–H and O–H groups in total. The van der Waals surface area contributed by atoms with Crippen LogP contribution in [0.3, 0.4) is 0 Å². The van der Waals surface area contributed by atoms with Crippen molar-refractivity contribution in [1.29, 1.82) is 0 Å². The number of rotatable bonds is 6. The predicted octanol–water partition coefficient (Wildman–Crippen LogP) is 1.06. The Morgan fingerprint density at radius 1 is 1.43 bits per heavy atom. The molecule has 1 aliphatic heterocycles. The van der Waals surface area contributed by atoms with Gasteiger partial charge in [-0.1, -0.05) is 13.3 Å². The summed E-state index contributed by atoms with van der Waals surface area (Å²) in [6.45, 7) is 4.07. The van der Waals surface area contributed by atoms with Crippen LogP contribution < -0.4 is 5.32 Å². The van der Waals surface area contributed by atoms with Gasteiger partial charge < -0.3 is 14.8 Å². The highest BCUT2D eigenvalue weighted by Gasteiger charge is 2.15. The summed E-state index contributed by atoms with van der Waals surface area (Å²) in [6.07, 6.45) is 3.28. The molecule has 0 aromatic heterocycles. The third kappa shape index (κ3) is 4.58. The van der Waals surface area contributed by atoms with E-state index in [-0.39, 0.29) is 12.2 Å². The minimum absolute atomic E-state index is 0.110. The Labute approximate surface area is 85.0 Å². The summed E-state index contributed by atoms with van der Waals surface area (Å²) in [5, 5.41) is 2.85. The Morgan fingerprint density at radius 2 is 2.14 bits per heavy atom. The molecule has 0 aromatic rings. The van der Waals surface area contributed by atoms with Gasteiger partial charge in [0.1, 0.15) is 0 Å². The van der Waals surface area contributed by atoms with Gasteiger partial charge in [-0.25, -0.2) is 0 Å². The molecule has 4 heteroatoms. The molecular weight excluding hydrogens is 182 g/mol. The van der Waals surface area contributed by atoms with Crippen molar-refractivity contribution in [3.8, 4) is 0 Å². The summed E-state index contributed by atoms with van der Waals surface area (Å²) in [7, 11) is 0. The molecule has 0 aliphatic carbocycles. The van der Waals surface area contributed by atoms with Gasteiger partial charge in [0, 0.05) is 19.4 Å². The number of hydrogen-bond acceptors (Lipinski definition) is 3. The molecule has 0 unspecified atom stereocenters. The molecule has 0 saturated carbocycles. The van der Waals surface area contributed by atoms with E-state index in [0.717, 1.165) is 19.3 Å². The molecule has 0 aromatic carbocycles. The zero-order valence-electron chi connectivity index (χ0n) is 8.75. The second kappa shape index (κ2) is 6.79. The monoisotopic (exact) mass is 201 g/mol. The van der Waals surface area contributed by atoms with Crippen LogP contribution in [0.2, 0.25) is 0 Å². The summed E-state index contributed by atoms with van der Waals surface area (Å²) in [4.78, 5) is 11.2. The minimum atomic E-state index is -0.110. The number of unbranched alkanes of at least 4 members (excludes halogenated alkanes) is 1. The first-order chi connectivity index (χ1) is 6.83. The van der Waals surface area contributed by atoms with Gasteiger partial charge in [0.15, 0.2) is 6.29 Å². The Balaban J connectivity index is 1.94. The van der Waals surface area contributed by atoms with Crippen LogP contribution in [-0.4, -0.2) is 32.0 Å². The van der Waals surface area contributed by atoms with Gasteiger partial charge in [-0.3, -0.25) is 4.79 Å². The van der Waals surface area contributed by atoms with Crippen molar-refractivity contribution in [3.63, 3.8) is 0 Å². The molecule has 1 heterocycles. The van der Waals surface area contributed by atoms with E-state index in [1.54, 1.807) is 0 Å². The van der Waals surface area contributed by atoms with Crippen LogP contribution in [0.4, 0.5) is 0 Å². The number of carbonyl (C=O) groups is 1. The topological polar surface area (TPSA) is 47.6 Å². The second-order valence-corrected chi connectivity index (χ2v) is 3.41. The highest BCUT2D eigenvalue weighted by atomic mass is 16.7. The van der Waals surface area contributed by atoms with E-state index < -0.39 is 0 Å². The molecule has 0 spiro atoms. The third-order valence-corrected chi connectivity index (χ3v) is 2.15. The fourth-order valence-electron chi connectivity index (χ4n) is 1.33. The smallest absolute Gasteiger partial charge is 0.219 e. The molecule has 1 aliphatic rings. The molecule has 14 heavy (non-hydrogen) atoms. The van der Waals surface area contributed by atoms with Gasteiger partial charge in [0.05, 0.1) is 13.2 Å². The number of carbonyl (C=O) groups excluding carboxylic acids is 1. The molecule has 82 valence electrons. The average Bonchev–Trinajstić information content (AvgIpc) is 2.67.